The first kappa shape index (κ1) is 24.3. The number of hydrogen-bond donors (Lipinski definition) is 1. The van der Waals surface area contributed by atoms with Gasteiger partial charge in [-0.25, -0.2) is 4.79 Å². The maximum Gasteiger partial charge on any atom is 0.348 e. The van der Waals surface area contributed by atoms with Crippen LogP contribution in [0.4, 0.5) is 5.13 Å². The van der Waals surface area contributed by atoms with Gasteiger partial charge < -0.3 is 4.74 Å². The van der Waals surface area contributed by atoms with Crippen molar-refractivity contribution in [2.45, 2.75) is 63.4 Å². The van der Waals surface area contributed by atoms with Gasteiger partial charge in [-0.2, -0.15) is 4.98 Å². The quantitative estimate of drug-likeness (QED) is 0.398. The standard InChI is InChI=1S/C22H32N6O3S2/c1-2-6-19-25-26-21(33-19)23-18(29)15-32-20-16-7-3-4-8-17(16)28(22(30)24-20)10-5-9-27-11-13-31-14-12-27/h2-15H2,1H3,(H,23,26,29). The summed E-state index contributed by atoms with van der Waals surface area (Å²) in [7, 11) is 0. The average Bonchev–Trinajstić information content (AvgIpc) is 3.27. The first-order chi connectivity index (χ1) is 16.1. The van der Waals surface area contributed by atoms with Crippen LogP contribution in [0.25, 0.3) is 0 Å². The summed E-state index contributed by atoms with van der Waals surface area (Å²) in [6, 6.07) is 0. The van der Waals surface area contributed by atoms with Crippen molar-refractivity contribution in [2.75, 3.05) is 43.9 Å². The molecule has 1 N–H and O–H groups in total. The highest BCUT2D eigenvalue weighted by Crippen LogP contribution is 2.29. The van der Waals surface area contributed by atoms with Crippen molar-refractivity contribution >= 4 is 34.1 Å². The number of aryl methyl sites for hydroxylation is 1. The molecule has 0 bridgehead atoms. The summed E-state index contributed by atoms with van der Waals surface area (Å²) in [5.41, 5.74) is 2.06. The number of carbonyl (C=O) groups is 1. The number of carbonyl (C=O) groups excluding carboxylic acids is 1. The van der Waals surface area contributed by atoms with Gasteiger partial charge in [-0.15, -0.1) is 10.2 Å². The first-order valence-corrected chi connectivity index (χ1v) is 13.6. The summed E-state index contributed by atoms with van der Waals surface area (Å²) in [6.07, 6.45) is 6.76. The van der Waals surface area contributed by atoms with Gasteiger partial charge in [0.2, 0.25) is 11.0 Å². The Morgan fingerprint density at radius 1 is 1.18 bits per heavy atom. The Balaban J connectivity index is 1.38. The van der Waals surface area contributed by atoms with Crippen LogP contribution in [0.3, 0.4) is 0 Å². The van der Waals surface area contributed by atoms with E-state index in [2.05, 4.69) is 32.3 Å². The van der Waals surface area contributed by atoms with Gasteiger partial charge in [-0.1, -0.05) is 30.0 Å². The van der Waals surface area contributed by atoms with Gasteiger partial charge in [0.05, 0.1) is 19.0 Å². The van der Waals surface area contributed by atoms with Crippen molar-refractivity contribution in [3.8, 4) is 0 Å². The molecule has 0 atom stereocenters. The molecule has 0 aromatic carbocycles. The van der Waals surface area contributed by atoms with E-state index in [4.69, 9.17) is 4.74 Å². The third-order valence-electron chi connectivity index (χ3n) is 5.93. The fourth-order valence-electron chi connectivity index (χ4n) is 4.28. The lowest BCUT2D eigenvalue weighted by atomic mass is 9.97. The zero-order valence-corrected chi connectivity index (χ0v) is 20.8. The molecule has 0 saturated carbocycles. The summed E-state index contributed by atoms with van der Waals surface area (Å²) in [5, 5.41) is 13.1. The highest BCUT2D eigenvalue weighted by atomic mass is 32.2. The molecule has 2 aromatic heterocycles. The highest BCUT2D eigenvalue weighted by Gasteiger charge is 2.21. The number of amides is 1. The Morgan fingerprint density at radius 3 is 2.82 bits per heavy atom. The molecule has 0 unspecified atom stereocenters. The minimum absolute atomic E-state index is 0.153. The molecule has 0 spiro atoms. The van der Waals surface area contributed by atoms with E-state index in [-0.39, 0.29) is 17.3 Å². The molecule has 3 heterocycles. The van der Waals surface area contributed by atoms with E-state index in [0.29, 0.717) is 16.7 Å². The zero-order valence-electron chi connectivity index (χ0n) is 19.2. The molecule has 1 aliphatic carbocycles. The maximum absolute atomic E-state index is 12.9. The molecule has 0 radical (unpaired) electrons. The van der Waals surface area contributed by atoms with Crippen molar-refractivity contribution < 1.29 is 9.53 Å². The largest absolute Gasteiger partial charge is 0.379 e. The Labute approximate surface area is 202 Å². The number of anilines is 1. The third kappa shape index (κ3) is 6.62. The van der Waals surface area contributed by atoms with Gasteiger partial charge >= 0.3 is 5.69 Å². The second kappa shape index (κ2) is 12.0. The molecule has 9 nitrogen and oxygen atoms in total. The molecule has 2 aromatic rings. The molecular weight excluding hydrogens is 460 g/mol. The van der Waals surface area contributed by atoms with E-state index in [1.165, 1.54) is 23.1 Å². The highest BCUT2D eigenvalue weighted by molar-refractivity contribution is 8.00. The van der Waals surface area contributed by atoms with Crippen LogP contribution in [0, 0.1) is 0 Å². The summed E-state index contributed by atoms with van der Waals surface area (Å²) < 4.78 is 7.28. The molecule has 1 amide bonds. The minimum Gasteiger partial charge on any atom is -0.379 e. The number of nitrogens with zero attached hydrogens (tertiary/aromatic N) is 5. The molecule has 4 rings (SSSR count). The van der Waals surface area contributed by atoms with Crippen LogP contribution in [0.1, 0.15) is 48.9 Å². The van der Waals surface area contributed by atoms with Gasteiger partial charge in [0, 0.05) is 43.9 Å². The topological polar surface area (TPSA) is 102 Å². The molecule has 1 saturated heterocycles. The van der Waals surface area contributed by atoms with Crippen LogP contribution in [0.15, 0.2) is 9.82 Å². The lowest BCUT2D eigenvalue weighted by molar-refractivity contribution is -0.113. The van der Waals surface area contributed by atoms with E-state index in [1.807, 2.05) is 4.57 Å². The smallest absolute Gasteiger partial charge is 0.348 e. The Kier molecular flexibility index (Phi) is 8.88. The molecule has 180 valence electrons. The number of rotatable bonds is 10. The van der Waals surface area contributed by atoms with E-state index >= 15 is 0 Å². The van der Waals surface area contributed by atoms with Crippen LogP contribution in [0.2, 0.25) is 0 Å². The molecule has 33 heavy (non-hydrogen) atoms. The normalized spacial score (nSPS) is 16.5. The van der Waals surface area contributed by atoms with Crippen molar-refractivity contribution in [1.29, 1.82) is 0 Å². The van der Waals surface area contributed by atoms with Gasteiger partial charge in [0.15, 0.2) is 0 Å². The lowest BCUT2D eigenvalue weighted by Crippen LogP contribution is -2.38. The van der Waals surface area contributed by atoms with Crippen LogP contribution in [-0.2, 0) is 35.3 Å². The first-order valence-electron chi connectivity index (χ1n) is 11.8. The summed E-state index contributed by atoms with van der Waals surface area (Å²) >= 11 is 2.76. The average molecular weight is 493 g/mol. The Bertz CT molecular complexity index is 1000. The van der Waals surface area contributed by atoms with Crippen molar-refractivity contribution in [3.63, 3.8) is 0 Å². The molecule has 1 aliphatic heterocycles. The van der Waals surface area contributed by atoms with Crippen molar-refractivity contribution in [2.24, 2.45) is 0 Å². The molecule has 11 heteroatoms. The summed E-state index contributed by atoms with van der Waals surface area (Å²) in [4.78, 5) is 32.1. The Morgan fingerprint density at radius 2 is 2.00 bits per heavy atom. The van der Waals surface area contributed by atoms with Crippen molar-refractivity contribution in [1.82, 2.24) is 24.6 Å². The predicted molar refractivity (Wildman–Crippen MR) is 130 cm³/mol. The van der Waals surface area contributed by atoms with Crippen LogP contribution < -0.4 is 11.0 Å². The molecular formula is C22H32N6O3S2. The van der Waals surface area contributed by atoms with E-state index in [0.717, 1.165) is 94.1 Å². The monoisotopic (exact) mass is 492 g/mol. The van der Waals surface area contributed by atoms with E-state index in [9.17, 15) is 9.59 Å². The minimum atomic E-state index is -0.200. The van der Waals surface area contributed by atoms with Crippen LogP contribution in [0.5, 0.6) is 0 Å². The summed E-state index contributed by atoms with van der Waals surface area (Å²) in [5.74, 6) is 0.0445. The molecule has 2 aliphatic rings. The number of thioether (sulfide) groups is 1. The fraction of sp³-hybridized carbons (Fsp3) is 0.682. The lowest BCUT2D eigenvalue weighted by Gasteiger charge is -2.27. The number of aromatic nitrogens is 4. The second-order valence-corrected chi connectivity index (χ2v) is 10.4. The zero-order chi connectivity index (χ0) is 23.0. The number of hydrogen-bond acceptors (Lipinski definition) is 9. The number of nitrogens with one attached hydrogen (secondary N) is 1. The summed E-state index contributed by atoms with van der Waals surface area (Å²) in [6.45, 7) is 7.23. The van der Waals surface area contributed by atoms with E-state index in [1.54, 1.807) is 0 Å². The SMILES string of the molecule is CCCc1nnc(NC(=O)CSc2nc(=O)n(CCCN3CCOCC3)c3c2CCCC3)s1. The second-order valence-electron chi connectivity index (χ2n) is 8.38. The maximum atomic E-state index is 12.9. The van der Waals surface area contributed by atoms with E-state index < -0.39 is 0 Å². The number of morpholine rings is 1. The number of fused-ring (bicyclic) bond motifs is 1. The van der Waals surface area contributed by atoms with Gasteiger partial charge in [0.1, 0.15) is 10.0 Å². The number of ether oxygens (including phenoxy) is 1. The van der Waals surface area contributed by atoms with Crippen LogP contribution in [-0.4, -0.2) is 69.2 Å². The van der Waals surface area contributed by atoms with Crippen molar-refractivity contribution in [3.05, 3.63) is 26.7 Å². The predicted octanol–water partition coefficient (Wildman–Crippen LogP) is 2.38. The van der Waals surface area contributed by atoms with Gasteiger partial charge in [-0.05, 0) is 38.5 Å². The Hall–Kier alpha value is -1.82. The van der Waals surface area contributed by atoms with Crippen LogP contribution >= 0.6 is 23.1 Å². The third-order valence-corrected chi connectivity index (χ3v) is 7.84. The molecule has 1 fully saturated rings. The van der Waals surface area contributed by atoms with Gasteiger partial charge in [0.25, 0.3) is 0 Å². The fourth-order valence-corrected chi connectivity index (χ4v) is 6.02. The van der Waals surface area contributed by atoms with Gasteiger partial charge in [-0.3, -0.25) is 19.6 Å².